The highest BCUT2D eigenvalue weighted by atomic mass is 19.1. The number of piperidine rings is 1. The number of H-pyrrole nitrogens is 2. The maximum Gasteiger partial charge on any atom is 0.231 e. The summed E-state index contributed by atoms with van der Waals surface area (Å²) in [6.45, 7) is 4.06. The molecule has 9 heteroatoms. The number of fused-ring (bicyclic) bond motifs is 2. The molecule has 1 fully saturated rings. The van der Waals surface area contributed by atoms with Crippen molar-refractivity contribution < 1.29 is 13.9 Å². The minimum atomic E-state index is -0.252. The van der Waals surface area contributed by atoms with Gasteiger partial charge in [-0.3, -0.25) is 0 Å². The molecule has 0 atom stereocenters. The highest BCUT2D eigenvalue weighted by Gasteiger charge is 2.26. The van der Waals surface area contributed by atoms with E-state index in [2.05, 4.69) is 37.8 Å². The molecule has 2 N–H and O–H groups in total. The smallest absolute Gasteiger partial charge is 0.231 e. The van der Waals surface area contributed by atoms with Crippen LogP contribution in [0.25, 0.3) is 33.5 Å². The standard InChI is InChI=1S/C28H25FN6O2/c1-16-25(19-4-7-23-24(12-19)37-15-36-23)34-26(32-16)18-8-10-35(11-9-18)28-21-13-22(33-27(21)30-14-31-28)17-2-5-20(29)6-3-17/h2-7,12-14,18H,8-11,15H2,1H3,(H,32,34)(H,30,31,33). The van der Waals surface area contributed by atoms with Crippen LogP contribution in [0.3, 0.4) is 0 Å². The fourth-order valence-corrected chi connectivity index (χ4v) is 5.33. The van der Waals surface area contributed by atoms with Crippen LogP contribution in [0.2, 0.25) is 0 Å². The Hall–Kier alpha value is -4.40. The lowest BCUT2D eigenvalue weighted by Crippen LogP contribution is -2.33. The molecule has 5 aromatic rings. The number of aryl methyl sites for hydroxylation is 1. The zero-order valence-electron chi connectivity index (χ0n) is 20.3. The van der Waals surface area contributed by atoms with Gasteiger partial charge in [-0.2, -0.15) is 0 Å². The van der Waals surface area contributed by atoms with Gasteiger partial charge in [0.15, 0.2) is 11.5 Å². The molecule has 2 aliphatic rings. The average Bonchev–Trinajstić information content (AvgIpc) is 3.66. The van der Waals surface area contributed by atoms with Gasteiger partial charge in [-0.1, -0.05) is 0 Å². The molecule has 8 nitrogen and oxygen atoms in total. The molecule has 0 aliphatic carbocycles. The van der Waals surface area contributed by atoms with Crippen molar-refractivity contribution >= 4 is 16.9 Å². The highest BCUT2D eigenvalue weighted by molar-refractivity contribution is 5.92. The molecule has 7 rings (SSSR count). The summed E-state index contributed by atoms with van der Waals surface area (Å²) in [7, 11) is 0. The van der Waals surface area contributed by atoms with Gasteiger partial charge in [0.25, 0.3) is 0 Å². The van der Waals surface area contributed by atoms with E-state index >= 15 is 0 Å². The Morgan fingerprint density at radius 2 is 1.70 bits per heavy atom. The van der Waals surface area contributed by atoms with Crippen LogP contribution >= 0.6 is 0 Å². The lowest BCUT2D eigenvalue weighted by atomic mass is 9.96. The number of anilines is 1. The van der Waals surface area contributed by atoms with Gasteiger partial charge in [-0.05, 0) is 73.9 Å². The Kier molecular flexibility index (Phi) is 5.09. The van der Waals surface area contributed by atoms with E-state index in [-0.39, 0.29) is 12.6 Å². The van der Waals surface area contributed by atoms with Gasteiger partial charge in [0.2, 0.25) is 6.79 Å². The van der Waals surface area contributed by atoms with Crippen LogP contribution in [0.4, 0.5) is 10.2 Å². The molecule has 0 radical (unpaired) electrons. The Bertz CT molecular complexity index is 1600. The molecule has 0 spiro atoms. The van der Waals surface area contributed by atoms with Crippen LogP contribution in [-0.2, 0) is 0 Å². The van der Waals surface area contributed by atoms with Gasteiger partial charge in [-0.15, -0.1) is 0 Å². The third kappa shape index (κ3) is 3.87. The highest BCUT2D eigenvalue weighted by Crippen LogP contribution is 2.38. The number of hydrogen-bond donors (Lipinski definition) is 2. The summed E-state index contributed by atoms with van der Waals surface area (Å²) in [5.41, 5.74) is 5.61. The van der Waals surface area contributed by atoms with Crippen LogP contribution < -0.4 is 14.4 Å². The SMILES string of the molecule is Cc1[nH]c(C2CCN(c3ncnc4[nH]c(-c5ccc(F)cc5)cc34)CC2)nc1-c1ccc2c(c1)OCO2. The normalized spacial score (nSPS) is 15.6. The van der Waals surface area contributed by atoms with Crippen molar-refractivity contribution in [1.29, 1.82) is 0 Å². The largest absolute Gasteiger partial charge is 0.454 e. The fraction of sp³-hybridized carbons (Fsp3) is 0.250. The molecule has 0 amide bonds. The van der Waals surface area contributed by atoms with Crippen LogP contribution in [0.1, 0.15) is 30.3 Å². The van der Waals surface area contributed by atoms with Crippen LogP contribution in [0, 0.1) is 12.7 Å². The summed E-state index contributed by atoms with van der Waals surface area (Å²) in [5, 5.41) is 0.971. The number of imidazole rings is 1. The predicted molar refractivity (Wildman–Crippen MR) is 138 cm³/mol. The second-order valence-corrected chi connectivity index (χ2v) is 9.57. The minimum Gasteiger partial charge on any atom is -0.454 e. The molecular formula is C28H25FN6O2. The maximum absolute atomic E-state index is 13.4. The molecule has 2 aromatic carbocycles. The molecule has 2 aliphatic heterocycles. The number of halogens is 1. The van der Waals surface area contributed by atoms with Crippen molar-refractivity contribution in [2.75, 3.05) is 24.8 Å². The van der Waals surface area contributed by atoms with E-state index < -0.39 is 0 Å². The van der Waals surface area contributed by atoms with Gasteiger partial charge in [0.1, 0.15) is 29.4 Å². The molecular weight excluding hydrogens is 471 g/mol. The molecule has 3 aromatic heterocycles. The molecule has 1 saturated heterocycles. The van der Waals surface area contributed by atoms with Gasteiger partial charge in [-0.25, -0.2) is 19.3 Å². The average molecular weight is 497 g/mol. The molecule has 37 heavy (non-hydrogen) atoms. The van der Waals surface area contributed by atoms with Crippen molar-refractivity contribution in [3.8, 4) is 34.0 Å². The van der Waals surface area contributed by atoms with Crippen LogP contribution in [-0.4, -0.2) is 44.8 Å². The van der Waals surface area contributed by atoms with Crippen molar-refractivity contribution in [2.45, 2.75) is 25.7 Å². The summed E-state index contributed by atoms with van der Waals surface area (Å²) in [6.07, 6.45) is 3.53. The van der Waals surface area contributed by atoms with Crippen molar-refractivity contribution in [2.24, 2.45) is 0 Å². The van der Waals surface area contributed by atoms with E-state index in [1.54, 1.807) is 18.5 Å². The van der Waals surface area contributed by atoms with Gasteiger partial charge in [0, 0.05) is 36.0 Å². The van der Waals surface area contributed by atoms with Crippen LogP contribution in [0.5, 0.6) is 11.5 Å². The lowest BCUT2D eigenvalue weighted by molar-refractivity contribution is 0.174. The van der Waals surface area contributed by atoms with Crippen LogP contribution in [0.15, 0.2) is 54.9 Å². The Morgan fingerprint density at radius 1 is 0.919 bits per heavy atom. The zero-order valence-corrected chi connectivity index (χ0v) is 20.3. The minimum absolute atomic E-state index is 0.252. The first-order valence-corrected chi connectivity index (χ1v) is 12.4. The van der Waals surface area contributed by atoms with E-state index in [1.165, 1.54) is 12.1 Å². The maximum atomic E-state index is 13.4. The van der Waals surface area contributed by atoms with E-state index in [4.69, 9.17) is 14.5 Å². The number of aromatic nitrogens is 5. The molecule has 5 heterocycles. The number of nitrogens with zero attached hydrogens (tertiary/aromatic N) is 4. The number of benzene rings is 2. The predicted octanol–water partition coefficient (Wildman–Crippen LogP) is 5.58. The quantitative estimate of drug-likeness (QED) is 0.338. The first-order valence-electron chi connectivity index (χ1n) is 12.4. The monoisotopic (exact) mass is 496 g/mol. The Balaban J connectivity index is 1.10. The lowest BCUT2D eigenvalue weighted by Gasteiger charge is -2.32. The summed E-state index contributed by atoms with van der Waals surface area (Å²) in [4.78, 5) is 23.2. The summed E-state index contributed by atoms with van der Waals surface area (Å²) in [5.74, 6) is 3.57. The first-order chi connectivity index (χ1) is 18.1. The fourth-order valence-electron chi connectivity index (χ4n) is 5.33. The Labute approximate surface area is 212 Å². The van der Waals surface area contributed by atoms with E-state index in [0.717, 1.165) is 88.3 Å². The molecule has 0 saturated carbocycles. The number of hydrogen-bond acceptors (Lipinski definition) is 6. The number of ether oxygens (including phenoxy) is 2. The van der Waals surface area contributed by atoms with Gasteiger partial charge in [0.05, 0.1) is 11.1 Å². The van der Waals surface area contributed by atoms with E-state index in [0.29, 0.717) is 5.92 Å². The number of nitrogens with one attached hydrogen (secondary N) is 2. The molecule has 0 bridgehead atoms. The third-order valence-corrected chi connectivity index (χ3v) is 7.29. The van der Waals surface area contributed by atoms with Gasteiger partial charge >= 0.3 is 0 Å². The first kappa shape index (κ1) is 21.8. The molecule has 0 unspecified atom stereocenters. The summed E-state index contributed by atoms with van der Waals surface area (Å²) >= 11 is 0. The third-order valence-electron chi connectivity index (χ3n) is 7.29. The Morgan fingerprint density at radius 3 is 2.54 bits per heavy atom. The second kappa shape index (κ2) is 8.62. The van der Waals surface area contributed by atoms with Crippen molar-refractivity contribution in [1.82, 2.24) is 24.9 Å². The van der Waals surface area contributed by atoms with E-state index in [9.17, 15) is 4.39 Å². The topological polar surface area (TPSA) is 92.0 Å². The second-order valence-electron chi connectivity index (χ2n) is 9.57. The number of aromatic amines is 2. The van der Waals surface area contributed by atoms with Crippen molar-refractivity contribution in [3.05, 3.63) is 72.2 Å². The van der Waals surface area contributed by atoms with Crippen molar-refractivity contribution in [3.63, 3.8) is 0 Å². The van der Waals surface area contributed by atoms with Gasteiger partial charge < -0.3 is 24.3 Å². The zero-order chi connectivity index (χ0) is 24.9. The number of rotatable bonds is 4. The summed E-state index contributed by atoms with van der Waals surface area (Å²) < 4.78 is 24.4. The summed E-state index contributed by atoms with van der Waals surface area (Å²) in [6, 6.07) is 14.5. The van der Waals surface area contributed by atoms with E-state index in [1.807, 2.05) is 18.2 Å². The molecule has 186 valence electrons.